The van der Waals surface area contributed by atoms with Crippen LogP contribution >= 0.6 is 0 Å². The third kappa shape index (κ3) is 22.7. The molecule has 0 amide bonds. The number of carboxylic acid groups (broad SMARTS) is 1. The SMILES string of the molecule is CCCCCCCCCCCCCCCCOC(=O)[O-].[Na+]. The molecule has 0 bridgehead atoms. The van der Waals surface area contributed by atoms with Crippen LogP contribution < -0.4 is 34.7 Å². The van der Waals surface area contributed by atoms with Crippen LogP contribution in [0.25, 0.3) is 0 Å². The van der Waals surface area contributed by atoms with Crippen LogP contribution in [0.2, 0.25) is 0 Å². The molecule has 0 saturated carbocycles. The van der Waals surface area contributed by atoms with Crippen LogP contribution in [0.5, 0.6) is 0 Å². The van der Waals surface area contributed by atoms with E-state index in [0.717, 1.165) is 12.8 Å². The maximum absolute atomic E-state index is 10.00. The van der Waals surface area contributed by atoms with Crippen molar-refractivity contribution in [1.82, 2.24) is 0 Å². The van der Waals surface area contributed by atoms with E-state index in [9.17, 15) is 9.90 Å². The van der Waals surface area contributed by atoms with Gasteiger partial charge in [0.2, 0.25) is 0 Å². The number of hydrogen-bond donors (Lipinski definition) is 0. The van der Waals surface area contributed by atoms with Crippen molar-refractivity contribution in [3.63, 3.8) is 0 Å². The monoisotopic (exact) mass is 308 g/mol. The number of unbranched alkanes of at least 4 members (excludes halogenated alkanes) is 13. The molecule has 0 fully saturated rings. The number of ether oxygens (including phenoxy) is 1. The van der Waals surface area contributed by atoms with Gasteiger partial charge >= 0.3 is 29.6 Å². The first kappa shape index (κ1) is 23.5. The molecule has 0 saturated heterocycles. The molecule has 0 aromatic rings. The van der Waals surface area contributed by atoms with Gasteiger partial charge in [0.25, 0.3) is 6.16 Å². The fraction of sp³-hybridized carbons (Fsp3) is 0.941. The van der Waals surface area contributed by atoms with Crippen LogP contribution in [-0.4, -0.2) is 12.8 Å². The van der Waals surface area contributed by atoms with Gasteiger partial charge in [-0.1, -0.05) is 90.4 Å². The van der Waals surface area contributed by atoms with Crippen molar-refractivity contribution >= 4 is 6.16 Å². The predicted molar refractivity (Wildman–Crippen MR) is 81.7 cm³/mol. The molecule has 3 nitrogen and oxygen atoms in total. The Labute approximate surface area is 153 Å². The Hall–Kier alpha value is 0.270. The molecule has 4 heteroatoms. The Morgan fingerprint density at radius 3 is 1.38 bits per heavy atom. The van der Waals surface area contributed by atoms with Crippen LogP contribution in [0.15, 0.2) is 0 Å². The van der Waals surface area contributed by atoms with Gasteiger partial charge in [0.05, 0.1) is 0 Å². The van der Waals surface area contributed by atoms with Gasteiger partial charge in [-0.2, -0.15) is 0 Å². The maximum atomic E-state index is 10.00. The molecule has 0 aliphatic rings. The second kappa shape index (κ2) is 20.3. The minimum atomic E-state index is -1.40. The molecule has 0 rings (SSSR count). The van der Waals surface area contributed by atoms with Crippen molar-refractivity contribution in [3.05, 3.63) is 0 Å². The summed E-state index contributed by atoms with van der Waals surface area (Å²) < 4.78 is 4.35. The minimum Gasteiger partial charge on any atom is -0.550 e. The van der Waals surface area contributed by atoms with E-state index in [4.69, 9.17) is 0 Å². The summed E-state index contributed by atoms with van der Waals surface area (Å²) in [6.07, 6.45) is 16.8. The van der Waals surface area contributed by atoms with E-state index in [1.807, 2.05) is 0 Å². The third-order valence-corrected chi connectivity index (χ3v) is 3.72. The van der Waals surface area contributed by atoms with Gasteiger partial charge in [0, 0.05) is 6.61 Å². The second-order valence-corrected chi connectivity index (χ2v) is 5.69. The summed E-state index contributed by atoms with van der Waals surface area (Å²) in [5, 5.41) is 10.00. The van der Waals surface area contributed by atoms with E-state index in [1.54, 1.807) is 0 Å². The summed E-state index contributed by atoms with van der Waals surface area (Å²) in [4.78, 5) is 10.00. The molecular formula is C17H33NaO3. The molecular weight excluding hydrogens is 275 g/mol. The first-order valence-electron chi connectivity index (χ1n) is 8.61. The van der Waals surface area contributed by atoms with Crippen molar-refractivity contribution in [1.29, 1.82) is 0 Å². The molecule has 0 aliphatic carbocycles. The molecule has 0 unspecified atom stereocenters. The third-order valence-electron chi connectivity index (χ3n) is 3.72. The van der Waals surface area contributed by atoms with E-state index >= 15 is 0 Å². The number of carbonyl (C=O) groups is 1. The molecule has 0 N–H and O–H groups in total. The molecule has 21 heavy (non-hydrogen) atoms. The van der Waals surface area contributed by atoms with Gasteiger partial charge in [-0.05, 0) is 6.42 Å². The minimum absolute atomic E-state index is 0. The molecule has 0 aliphatic heterocycles. The number of hydrogen-bond acceptors (Lipinski definition) is 3. The average Bonchev–Trinajstić information content (AvgIpc) is 2.43. The van der Waals surface area contributed by atoms with Crippen LogP contribution in [-0.2, 0) is 4.74 Å². The fourth-order valence-corrected chi connectivity index (χ4v) is 2.45. The zero-order valence-corrected chi connectivity index (χ0v) is 16.3. The van der Waals surface area contributed by atoms with Gasteiger partial charge in [-0.15, -0.1) is 0 Å². The molecule has 0 radical (unpaired) electrons. The van der Waals surface area contributed by atoms with Gasteiger partial charge in [0.15, 0.2) is 0 Å². The average molecular weight is 308 g/mol. The van der Waals surface area contributed by atoms with Crippen molar-refractivity contribution in [2.75, 3.05) is 6.61 Å². The Balaban J connectivity index is 0. The quantitative estimate of drug-likeness (QED) is 0.263. The molecule has 0 atom stereocenters. The predicted octanol–water partition coefficient (Wildman–Crippen LogP) is 1.83. The summed E-state index contributed by atoms with van der Waals surface area (Å²) in [5.74, 6) is 0. The summed E-state index contributed by atoms with van der Waals surface area (Å²) in [7, 11) is 0. The number of carbonyl (C=O) groups excluding carboxylic acids is 1. The van der Waals surface area contributed by atoms with Gasteiger partial charge in [-0.3, -0.25) is 0 Å². The Kier molecular flexibility index (Phi) is 22.7. The van der Waals surface area contributed by atoms with Crippen molar-refractivity contribution in [2.24, 2.45) is 0 Å². The zero-order valence-electron chi connectivity index (χ0n) is 14.3. The van der Waals surface area contributed by atoms with Crippen LogP contribution in [0.3, 0.4) is 0 Å². The summed E-state index contributed by atoms with van der Waals surface area (Å²) >= 11 is 0. The van der Waals surface area contributed by atoms with Crippen molar-refractivity contribution in [2.45, 2.75) is 96.8 Å². The molecule has 0 aromatic carbocycles. The Bertz CT molecular complexity index is 210. The van der Waals surface area contributed by atoms with Gasteiger partial charge < -0.3 is 14.6 Å². The fourth-order valence-electron chi connectivity index (χ4n) is 2.45. The van der Waals surface area contributed by atoms with E-state index in [-0.39, 0.29) is 29.6 Å². The summed E-state index contributed by atoms with van der Waals surface area (Å²) in [6, 6.07) is 0. The molecule has 0 spiro atoms. The normalized spacial score (nSPS) is 10.1. The Morgan fingerprint density at radius 2 is 1.05 bits per heavy atom. The summed E-state index contributed by atoms with van der Waals surface area (Å²) in [6.45, 7) is 2.55. The largest absolute Gasteiger partial charge is 1.00 e. The molecule has 0 aromatic heterocycles. The maximum Gasteiger partial charge on any atom is 1.00 e. The van der Waals surface area contributed by atoms with Crippen LogP contribution in [0, 0.1) is 0 Å². The smallest absolute Gasteiger partial charge is 0.550 e. The zero-order chi connectivity index (χ0) is 14.9. The summed E-state index contributed by atoms with van der Waals surface area (Å²) in [5.41, 5.74) is 0. The first-order chi connectivity index (χ1) is 9.77. The standard InChI is InChI=1S/C17H34O3.Na/c1-2-3-4-5-6-7-8-9-10-11-12-13-14-15-16-20-17(18)19;/h2-16H2,1H3,(H,18,19);/q;+1/p-1. The van der Waals surface area contributed by atoms with E-state index in [2.05, 4.69) is 11.7 Å². The first-order valence-corrected chi connectivity index (χ1v) is 8.61. The van der Waals surface area contributed by atoms with E-state index in [1.165, 1.54) is 77.0 Å². The van der Waals surface area contributed by atoms with Gasteiger partial charge in [-0.25, -0.2) is 0 Å². The van der Waals surface area contributed by atoms with Crippen molar-refractivity contribution < 1.29 is 44.2 Å². The Morgan fingerprint density at radius 1 is 0.714 bits per heavy atom. The van der Waals surface area contributed by atoms with E-state index in [0.29, 0.717) is 6.61 Å². The molecule has 0 heterocycles. The molecule has 120 valence electrons. The van der Waals surface area contributed by atoms with Crippen LogP contribution in [0.4, 0.5) is 4.79 Å². The van der Waals surface area contributed by atoms with E-state index < -0.39 is 6.16 Å². The number of rotatable bonds is 15. The van der Waals surface area contributed by atoms with Crippen LogP contribution in [0.1, 0.15) is 96.8 Å². The second-order valence-electron chi connectivity index (χ2n) is 5.69. The van der Waals surface area contributed by atoms with Crippen molar-refractivity contribution in [3.8, 4) is 0 Å². The van der Waals surface area contributed by atoms with Gasteiger partial charge in [0.1, 0.15) is 0 Å². The topological polar surface area (TPSA) is 49.4 Å².